The molecule has 2 heteroatoms. The predicted octanol–water partition coefficient (Wildman–Crippen LogP) is 3.79. The van der Waals surface area contributed by atoms with Crippen LogP contribution in [0.2, 0.25) is 0 Å². The number of benzene rings is 1. The van der Waals surface area contributed by atoms with E-state index in [1.165, 1.54) is 10.6 Å². The largest absolute Gasteiger partial charge is 0.278 e. The van der Waals surface area contributed by atoms with Gasteiger partial charge in [-0.2, -0.15) is 0 Å². The fourth-order valence-corrected chi connectivity index (χ4v) is 3.02. The van der Waals surface area contributed by atoms with Gasteiger partial charge in [0.25, 0.3) is 0 Å². The van der Waals surface area contributed by atoms with Gasteiger partial charge in [0.15, 0.2) is 0 Å². The van der Waals surface area contributed by atoms with Gasteiger partial charge in [-0.15, -0.1) is 11.8 Å². The van der Waals surface area contributed by atoms with Crippen LogP contribution < -0.4 is 0 Å². The van der Waals surface area contributed by atoms with E-state index < -0.39 is 0 Å². The molecule has 0 bridgehead atoms. The molecule has 0 radical (unpaired) electrons. The molecule has 0 N–H and O–H groups in total. The molecule has 0 fully saturated rings. The van der Waals surface area contributed by atoms with Gasteiger partial charge in [0.1, 0.15) is 0 Å². The third kappa shape index (κ3) is 2.88. The molecule has 1 heterocycles. The maximum Gasteiger partial charge on any atom is 0.0734 e. The maximum atomic E-state index is 4.83. The molecule has 1 aromatic carbocycles. The lowest BCUT2D eigenvalue weighted by Crippen LogP contribution is -2.15. The molecule has 0 spiro atoms. The van der Waals surface area contributed by atoms with Crippen LogP contribution in [0.1, 0.15) is 26.3 Å². The molecule has 2 rings (SSSR count). The minimum atomic E-state index is 0.218. The highest BCUT2D eigenvalue weighted by Crippen LogP contribution is 2.31. The molecule has 1 nitrogen and oxygen atoms in total. The van der Waals surface area contributed by atoms with E-state index in [0.717, 1.165) is 12.2 Å². The first-order chi connectivity index (χ1) is 7.55. The van der Waals surface area contributed by atoms with Crippen LogP contribution in [0.25, 0.3) is 0 Å². The summed E-state index contributed by atoms with van der Waals surface area (Å²) in [6, 6.07) is 11.1. The Balaban J connectivity index is 2.02. The Hall–Kier alpha value is -0.760. The fraction of sp³-hybridized carbons (Fsp3) is 0.500. The topological polar surface area (TPSA) is 12.4 Å². The average Bonchev–Trinajstić information content (AvgIpc) is 2.67. The van der Waals surface area contributed by atoms with Crippen molar-refractivity contribution in [2.75, 3.05) is 5.75 Å². The van der Waals surface area contributed by atoms with E-state index in [-0.39, 0.29) is 5.41 Å². The minimum absolute atomic E-state index is 0.218. The van der Waals surface area contributed by atoms with Gasteiger partial charge in [0.05, 0.1) is 11.1 Å². The summed E-state index contributed by atoms with van der Waals surface area (Å²) in [6.07, 6.45) is 1.08. The van der Waals surface area contributed by atoms with Crippen molar-refractivity contribution in [1.29, 1.82) is 0 Å². The molecule has 0 aromatic heterocycles. The summed E-state index contributed by atoms with van der Waals surface area (Å²) in [5, 5.41) is 1.31. The second-order valence-corrected chi connectivity index (χ2v) is 6.35. The van der Waals surface area contributed by atoms with Gasteiger partial charge >= 0.3 is 0 Å². The number of hydrogen-bond acceptors (Lipinski definition) is 2. The zero-order valence-electron chi connectivity index (χ0n) is 10.2. The van der Waals surface area contributed by atoms with Crippen LogP contribution in [0, 0.1) is 5.41 Å². The third-order valence-electron chi connectivity index (χ3n) is 2.67. The van der Waals surface area contributed by atoms with Crippen molar-refractivity contribution in [3.05, 3.63) is 35.9 Å². The van der Waals surface area contributed by atoms with Gasteiger partial charge in [-0.1, -0.05) is 51.1 Å². The molecule has 0 saturated carbocycles. The highest BCUT2D eigenvalue weighted by molar-refractivity contribution is 8.14. The molecule has 0 aliphatic carbocycles. The van der Waals surface area contributed by atoms with Gasteiger partial charge < -0.3 is 0 Å². The molecule has 1 atom stereocenters. The van der Waals surface area contributed by atoms with Crippen molar-refractivity contribution in [1.82, 2.24) is 0 Å². The smallest absolute Gasteiger partial charge is 0.0734 e. The van der Waals surface area contributed by atoms with Crippen LogP contribution in [0.4, 0.5) is 0 Å². The number of thioether (sulfide) groups is 1. The Labute approximate surface area is 102 Å². The molecular weight excluding hydrogens is 214 g/mol. The van der Waals surface area contributed by atoms with Crippen LogP contribution in [-0.2, 0) is 6.42 Å². The van der Waals surface area contributed by atoms with Crippen molar-refractivity contribution in [3.63, 3.8) is 0 Å². The fourth-order valence-electron chi connectivity index (χ4n) is 1.82. The normalized spacial score (nSPS) is 20.9. The Morgan fingerprint density at radius 2 is 1.94 bits per heavy atom. The molecule has 0 unspecified atom stereocenters. The summed E-state index contributed by atoms with van der Waals surface area (Å²) in [5.41, 5.74) is 1.61. The summed E-state index contributed by atoms with van der Waals surface area (Å²) in [7, 11) is 0. The van der Waals surface area contributed by atoms with Crippen molar-refractivity contribution in [2.24, 2.45) is 10.4 Å². The molecule has 1 aromatic rings. The number of nitrogens with zero attached hydrogens (tertiary/aromatic N) is 1. The molecule has 0 amide bonds. The summed E-state index contributed by atoms with van der Waals surface area (Å²) >= 11 is 1.93. The summed E-state index contributed by atoms with van der Waals surface area (Å²) in [5.74, 6) is 1.14. The number of aliphatic imine (C=N–C) groups is 1. The van der Waals surface area contributed by atoms with Crippen LogP contribution >= 0.6 is 11.8 Å². The molecular formula is C14H19NS. The Kier molecular flexibility index (Phi) is 3.38. The summed E-state index contributed by atoms with van der Waals surface area (Å²) in [6.45, 7) is 6.72. The van der Waals surface area contributed by atoms with Gasteiger partial charge in [0, 0.05) is 11.2 Å². The van der Waals surface area contributed by atoms with Crippen molar-refractivity contribution in [3.8, 4) is 0 Å². The van der Waals surface area contributed by atoms with Crippen LogP contribution in [0.5, 0.6) is 0 Å². The zero-order valence-corrected chi connectivity index (χ0v) is 11.1. The van der Waals surface area contributed by atoms with E-state index in [2.05, 4.69) is 51.1 Å². The monoisotopic (exact) mass is 233 g/mol. The van der Waals surface area contributed by atoms with Gasteiger partial charge in [-0.25, -0.2) is 0 Å². The van der Waals surface area contributed by atoms with Crippen LogP contribution in [0.3, 0.4) is 0 Å². The van der Waals surface area contributed by atoms with E-state index in [1.807, 2.05) is 11.8 Å². The molecule has 86 valence electrons. The van der Waals surface area contributed by atoms with Crippen LogP contribution in [0.15, 0.2) is 35.3 Å². The quantitative estimate of drug-likeness (QED) is 0.757. The first-order valence-corrected chi connectivity index (χ1v) is 6.79. The SMILES string of the molecule is CC(C)(C)C1=N[C@@H](Cc2ccccc2)CS1. The molecule has 0 saturated heterocycles. The van der Waals surface area contributed by atoms with E-state index >= 15 is 0 Å². The Bertz CT molecular complexity index is 375. The van der Waals surface area contributed by atoms with E-state index in [0.29, 0.717) is 6.04 Å². The minimum Gasteiger partial charge on any atom is -0.278 e. The maximum absolute atomic E-state index is 4.83. The molecule has 16 heavy (non-hydrogen) atoms. The second-order valence-electron chi connectivity index (χ2n) is 5.34. The molecule has 1 aliphatic rings. The van der Waals surface area contributed by atoms with Crippen molar-refractivity contribution >= 4 is 16.8 Å². The first-order valence-electron chi connectivity index (χ1n) is 5.81. The standard InChI is InChI=1S/C14H19NS/c1-14(2,3)13-15-12(10-16-13)9-11-7-5-4-6-8-11/h4-8,12H,9-10H2,1-3H3/t12-/m0/s1. The number of hydrogen-bond donors (Lipinski definition) is 0. The van der Waals surface area contributed by atoms with E-state index in [4.69, 9.17) is 4.99 Å². The van der Waals surface area contributed by atoms with Gasteiger partial charge in [-0.05, 0) is 12.0 Å². The van der Waals surface area contributed by atoms with Gasteiger partial charge in [-0.3, -0.25) is 4.99 Å². The average molecular weight is 233 g/mol. The Morgan fingerprint density at radius 3 is 2.50 bits per heavy atom. The first kappa shape index (κ1) is 11.7. The number of rotatable bonds is 2. The highest BCUT2D eigenvalue weighted by atomic mass is 32.2. The lowest BCUT2D eigenvalue weighted by Gasteiger charge is -2.16. The van der Waals surface area contributed by atoms with Crippen molar-refractivity contribution in [2.45, 2.75) is 33.2 Å². The van der Waals surface area contributed by atoms with E-state index in [1.54, 1.807) is 0 Å². The zero-order chi connectivity index (χ0) is 11.6. The van der Waals surface area contributed by atoms with Crippen LogP contribution in [-0.4, -0.2) is 16.8 Å². The second kappa shape index (κ2) is 4.62. The lowest BCUT2D eigenvalue weighted by molar-refractivity contribution is 0.596. The summed E-state index contributed by atoms with van der Waals surface area (Å²) < 4.78 is 0. The predicted molar refractivity (Wildman–Crippen MR) is 73.3 cm³/mol. The van der Waals surface area contributed by atoms with E-state index in [9.17, 15) is 0 Å². The lowest BCUT2D eigenvalue weighted by atomic mass is 9.98. The van der Waals surface area contributed by atoms with Crippen molar-refractivity contribution < 1.29 is 0 Å². The molecule has 1 aliphatic heterocycles. The highest BCUT2D eigenvalue weighted by Gasteiger charge is 2.26. The summed E-state index contributed by atoms with van der Waals surface area (Å²) in [4.78, 5) is 4.83. The third-order valence-corrected chi connectivity index (χ3v) is 4.21. The Morgan fingerprint density at radius 1 is 1.25 bits per heavy atom. The van der Waals surface area contributed by atoms with Gasteiger partial charge in [0.2, 0.25) is 0 Å².